The second-order valence-electron chi connectivity index (χ2n) is 3.37. The van der Waals surface area contributed by atoms with Gasteiger partial charge in [0.1, 0.15) is 0 Å². The molecule has 4 nitrogen and oxygen atoms in total. The standard InChI is InChI=1S/C11H14N2O2/c1-13(2)11(15)9-6-4-3-5-8(9)10(14)7-12/h3-6H,7,12H2,1-2H3. The first kappa shape index (κ1) is 11.4. The van der Waals surface area contributed by atoms with Crippen LogP contribution in [0.1, 0.15) is 20.7 Å². The van der Waals surface area contributed by atoms with Gasteiger partial charge in [-0.05, 0) is 6.07 Å². The van der Waals surface area contributed by atoms with Gasteiger partial charge in [0.05, 0.1) is 12.1 Å². The van der Waals surface area contributed by atoms with Gasteiger partial charge in [-0.2, -0.15) is 0 Å². The molecule has 0 spiro atoms. The zero-order valence-electron chi connectivity index (χ0n) is 8.86. The second-order valence-corrected chi connectivity index (χ2v) is 3.37. The van der Waals surface area contributed by atoms with E-state index in [1.54, 1.807) is 38.4 Å². The van der Waals surface area contributed by atoms with E-state index in [1.165, 1.54) is 4.90 Å². The second kappa shape index (κ2) is 4.70. The Morgan fingerprint density at radius 3 is 2.20 bits per heavy atom. The number of amides is 1. The molecule has 0 saturated heterocycles. The first-order chi connectivity index (χ1) is 7.07. The molecule has 0 saturated carbocycles. The van der Waals surface area contributed by atoms with Crippen LogP contribution in [0.2, 0.25) is 0 Å². The van der Waals surface area contributed by atoms with Crippen LogP contribution in [0.15, 0.2) is 24.3 Å². The molecule has 4 heteroatoms. The number of carbonyl (C=O) groups excluding carboxylic acids is 2. The number of Topliss-reactive ketones (excluding diaryl/α,β-unsaturated/α-hetero) is 1. The minimum Gasteiger partial charge on any atom is -0.345 e. The zero-order valence-corrected chi connectivity index (χ0v) is 8.86. The average molecular weight is 206 g/mol. The lowest BCUT2D eigenvalue weighted by molar-refractivity contribution is 0.0821. The lowest BCUT2D eigenvalue weighted by atomic mass is 10.0. The molecule has 0 unspecified atom stereocenters. The predicted molar refractivity (Wildman–Crippen MR) is 57.8 cm³/mol. The van der Waals surface area contributed by atoms with Crippen molar-refractivity contribution in [3.05, 3.63) is 35.4 Å². The van der Waals surface area contributed by atoms with E-state index in [9.17, 15) is 9.59 Å². The Morgan fingerprint density at radius 1 is 1.20 bits per heavy atom. The van der Waals surface area contributed by atoms with E-state index in [0.29, 0.717) is 11.1 Å². The van der Waals surface area contributed by atoms with Crippen LogP contribution in [-0.2, 0) is 0 Å². The Balaban J connectivity index is 3.18. The number of benzene rings is 1. The van der Waals surface area contributed by atoms with Crippen LogP contribution < -0.4 is 5.73 Å². The Morgan fingerprint density at radius 2 is 1.73 bits per heavy atom. The molecule has 1 aromatic rings. The third-order valence-corrected chi connectivity index (χ3v) is 2.05. The average Bonchev–Trinajstić information content (AvgIpc) is 2.27. The van der Waals surface area contributed by atoms with Crippen LogP contribution >= 0.6 is 0 Å². The van der Waals surface area contributed by atoms with E-state index in [2.05, 4.69) is 0 Å². The van der Waals surface area contributed by atoms with Gasteiger partial charge >= 0.3 is 0 Å². The molecule has 2 N–H and O–H groups in total. The molecular weight excluding hydrogens is 192 g/mol. The monoisotopic (exact) mass is 206 g/mol. The quantitative estimate of drug-likeness (QED) is 0.734. The molecule has 0 fully saturated rings. The minimum absolute atomic E-state index is 0.0856. The zero-order chi connectivity index (χ0) is 11.4. The topological polar surface area (TPSA) is 63.4 Å². The number of nitrogens with zero attached hydrogens (tertiary/aromatic N) is 1. The van der Waals surface area contributed by atoms with Crippen molar-refractivity contribution in [1.82, 2.24) is 4.90 Å². The number of rotatable bonds is 3. The fourth-order valence-corrected chi connectivity index (χ4v) is 1.26. The number of carbonyl (C=O) groups is 2. The fraction of sp³-hybridized carbons (Fsp3) is 0.273. The summed E-state index contributed by atoms with van der Waals surface area (Å²) in [5, 5.41) is 0. The van der Waals surface area contributed by atoms with Crippen LogP contribution in [-0.4, -0.2) is 37.2 Å². The van der Waals surface area contributed by atoms with Gasteiger partial charge in [-0.1, -0.05) is 18.2 Å². The van der Waals surface area contributed by atoms with Crippen molar-refractivity contribution in [3.63, 3.8) is 0 Å². The Hall–Kier alpha value is -1.68. The van der Waals surface area contributed by atoms with E-state index in [-0.39, 0.29) is 18.2 Å². The molecule has 0 radical (unpaired) electrons. The van der Waals surface area contributed by atoms with Crippen LogP contribution in [0, 0.1) is 0 Å². The normalized spacial score (nSPS) is 9.80. The summed E-state index contributed by atoms with van der Waals surface area (Å²) in [5.74, 6) is -0.409. The SMILES string of the molecule is CN(C)C(=O)c1ccccc1C(=O)CN. The van der Waals surface area contributed by atoms with Crippen molar-refractivity contribution < 1.29 is 9.59 Å². The van der Waals surface area contributed by atoms with Gasteiger partial charge in [0.15, 0.2) is 5.78 Å². The van der Waals surface area contributed by atoms with E-state index >= 15 is 0 Å². The molecule has 0 heterocycles. The smallest absolute Gasteiger partial charge is 0.254 e. The van der Waals surface area contributed by atoms with Gasteiger partial charge in [0, 0.05) is 19.7 Å². The van der Waals surface area contributed by atoms with Crippen molar-refractivity contribution in [2.45, 2.75) is 0 Å². The van der Waals surface area contributed by atoms with E-state index < -0.39 is 0 Å². The van der Waals surface area contributed by atoms with E-state index in [4.69, 9.17) is 5.73 Å². The summed E-state index contributed by atoms with van der Waals surface area (Å²) in [5.41, 5.74) is 6.06. The van der Waals surface area contributed by atoms with E-state index in [0.717, 1.165) is 0 Å². The molecule has 1 amide bonds. The van der Waals surface area contributed by atoms with Gasteiger partial charge < -0.3 is 10.6 Å². The maximum absolute atomic E-state index is 11.7. The number of hydrogen-bond donors (Lipinski definition) is 1. The van der Waals surface area contributed by atoms with Crippen molar-refractivity contribution in [1.29, 1.82) is 0 Å². The Bertz CT molecular complexity index is 386. The van der Waals surface area contributed by atoms with Crippen LogP contribution in [0.5, 0.6) is 0 Å². The number of hydrogen-bond acceptors (Lipinski definition) is 3. The molecule has 0 aliphatic carbocycles. The molecular formula is C11H14N2O2. The summed E-state index contributed by atoms with van der Waals surface area (Å²) < 4.78 is 0. The summed E-state index contributed by atoms with van der Waals surface area (Å²) in [7, 11) is 3.29. The summed E-state index contributed by atoms with van der Waals surface area (Å²) in [4.78, 5) is 24.6. The molecule has 15 heavy (non-hydrogen) atoms. The molecule has 1 aromatic carbocycles. The summed E-state index contributed by atoms with van der Waals surface area (Å²) >= 11 is 0. The first-order valence-electron chi connectivity index (χ1n) is 4.62. The van der Waals surface area contributed by atoms with Crippen LogP contribution in [0.25, 0.3) is 0 Å². The largest absolute Gasteiger partial charge is 0.345 e. The molecule has 0 aromatic heterocycles. The third-order valence-electron chi connectivity index (χ3n) is 2.05. The fourth-order valence-electron chi connectivity index (χ4n) is 1.26. The van der Waals surface area contributed by atoms with Crippen molar-refractivity contribution in [2.75, 3.05) is 20.6 Å². The van der Waals surface area contributed by atoms with Crippen LogP contribution in [0.4, 0.5) is 0 Å². The van der Waals surface area contributed by atoms with Crippen molar-refractivity contribution in [2.24, 2.45) is 5.73 Å². The Labute approximate surface area is 88.7 Å². The van der Waals surface area contributed by atoms with Crippen molar-refractivity contribution >= 4 is 11.7 Å². The van der Waals surface area contributed by atoms with Gasteiger partial charge in [-0.3, -0.25) is 9.59 Å². The van der Waals surface area contributed by atoms with Crippen molar-refractivity contribution in [3.8, 4) is 0 Å². The molecule has 1 rings (SSSR count). The number of nitrogens with two attached hydrogens (primary N) is 1. The van der Waals surface area contributed by atoms with Gasteiger partial charge in [0.2, 0.25) is 0 Å². The maximum atomic E-state index is 11.7. The predicted octanol–water partition coefficient (Wildman–Crippen LogP) is 0.530. The highest BCUT2D eigenvalue weighted by Crippen LogP contribution is 2.10. The molecule has 0 bridgehead atoms. The minimum atomic E-state index is -0.221. The van der Waals surface area contributed by atoms with Gasteiger partial charge in [-0.25, -0.2) is 0 Å². The van der Waals surface area contributed by atoms with Gasteiger partial charge in [-0.15, -0.1) is 0 Å². The summed E-state index contributed by atoms with van der Waals surface area (Å²) in [6.45, 7) is -0.0856. The van der Waals surface area contributed by atoms with E-state index in [1.807, 2.05) is 0 Å². The first-order valence-corrected chi connectivity index (χ1v) is 4.62. The highest BCUT2D eigenvalue weighted by molar-refractivity contribution is 6.08. The Kier molecular flexibility index (Phi) is 3.57. The molecule has 80 valence electrons. The summed E-state index contributed by atoms with van der Waals surface area (Å²) in [6.07, 6.45) is 0. The third kappa shape index (κ3) is 2.41. The number of ketones is 1. The molecule has 0 atom stereocenters. The molecule has 0 aliphatic rings. The summed E-state index contributed by atoms with van der Waals surface area (Å²) in [6, 6.07) is 6.69. The highest BCUT2D eigenvalue weighted by Gasteiger charge is 2.16. The lowest BCUT2D eigenvalue weighted by Gasteiger charge is -2.12. The lowest BCUT2D eigenvalue weighted by Crippen LogP contribution is -2.25. The molecule has 0 aliphatic heterocycles. The maximum Gasteiger partial charge on any atom is 0.254 e. The highest BCUT2D eigenvalue weighted by atomic mass is 16.2. The van der Waals surface area contributed by atoms with Gasteiger partial charge in [0.25, 0.3) is 5.91 Å². The van der Waals surface area contributed by atoms with Crippen LogP contribution in [0.3, 0.4) is 0 Å².